The molecule has 1 rings (SSSR count). The predicted molar refractivity (Wildman–Crippen MR) is 107 cm³/mol. The second kappa shape index (κ2) is 14.1. The molecule has 0 spiro atoms. The number of para-hydroxylation sites is 1. The van der Waals surface area contributed by atoms with Gasteiger partial charge in [0.2, 0.25) is 0 Å². The first-order valence-corrected chi connectivity index (χ1v) is 10.0. The fraction of sp³-hybridized carbons (Fsp3) is 0.714. The Hall–Kier alpha value is -1.10. The van der Waals surface area contributed by atoms with Crippen LogP contribution in [0.2, 0.25) is 0 Å². The van der Waals surface area contributed by atoms with E-state index in [-0.39, 0.29) is 12.8 Å². The van der Waals surface area contributed by atoms with Crippen LogP contribution in [0.5, 0.6) is 0 Å². The standard InChI is InChI=1S/C21H38N2O2/c1-4-22(5-2)17-11-8-12-19-25-21(16-13-18-24)23(6-3)20-14-9-7-10-15-20/h7,9-10,14-15,21,24H,4-6,8,11-13,16-19H2,1-3H3. The van der Waals surface area contributed by atoms with Crippen LogP contribution in [-0.4, -0.2) is 55.6 Å². The molecule has 1 aromatic rings. The molecule has 0 saturated heterocycles. The average Bonchev–Trinajstić information content (AvgIpc) is 2.66. The lowest BCUT2D eigenvalue weighted by Gasteiger charge is -2.32. The highest BCUT2D eigenvalue weighted by Crippen LogP contribution is 2.20. The zero-order valence-electron chi connectivity index (χ0n) is 16.5. The molecule has 144 valence electrons. The van der Waals surface area contributed by atoms with Crippen molar-refractivity contribution in [3.05, 3.63) is 30.3 Å². The van der Waals surface area contributed by atoms with Crippen LogP contribution in [0.25, 0.3) is 0 Å². The molecule has 0 saturated carbocycles. The van der Waals surface area contributed by atoms with E-state index in [0.29, 0.717) is 0 Å². The van der Waals surface area contributed by atoms with E-state index in [1.54, 1.807) is 0 Å². The summed E-state index contributed by atoms with van der Waals surface area (Å²) in [6, 6.07) is 10.4. The Morgan fingerprint density at radius 2 is 1.64 bits per heavy atom. The molecule has 4 nitrogen and oxygen atoms in total. The maximum atomic E-state index is 9.20. The van der Waals surface area contributed by atoms with E-state index in [9.17, 15) is 5.11 Å². The molecule has 0 aliphatic rings. The Balaban J connectivity index is 2.42. The molecule has 0 aliphatic heterocycles. The molecular formula is C21H38N2O2. The predicted octanol–water partition coefficient (Wildman–Crippen LogP) is 4.14. The number of unbranched alkanes of at least 4 members (excludes halogenated alkanes) is 2. The molecule has 25 heavy (non-hydrogen) atoms. The molecule has 0 aliphatic carbocycles. The molecule has 1 N–H and O–H groups in total. The monoisotopic (exact) mass is 350 g/mol. The van der Waals surface area contributed by atoms with E-state index in [1.165, 1.54) is 25.1 Å². The summed E-state index contributed by atoms with van der Waals surface area (Å²) < 4.78 is 6.21. The van der Waals surface area contributed by atoms with Crippen LogP contribution < -0.4 is 4.90 Å². The van der Waals surface area contributed by atoms with Gasteiger partial charge in [0.25, 0.3) is 0 Å². The number of aliphatic hydroxyl groups excluding tert-OH is 1. The fourth-order valence-electron chi connectivity index (χ4n) is 3.14. The van der Waals surface area contributed by atoms with Crippen molar-refractivity contribution in [1.82, 2.24) is 4.90 Å². The molecule has 0 heterocycles. The van der Waals surface area contributed by atoms with Gasteiger partial charge >= 0.3 is 0 Å². The van der Waals surface area contributed by atoms with Crippen molar-refractivity contribution in [2.75, 3.05) is 44.3 Å². The molecule has 4 heteroatoms. The van der Waals surface area contributed by atoms with Gasteiger partial charge < -0.3 is 19.6 Å². The number of aliphatic hydroxyl groups is 1. The molecule has 0 amide bonds. The molecule has 0 aromatic heterocycles. The molecule has 0 radical (unpaired) electrons. The van der Waals surface area contributed by atoms with Crippen molar-refractivity contribution in [3.63, 3.8) is 0 Å². The minimum atomic E-state index is 0.0438. The van der Waals surface area contributed by atoms with Crippen LogP contribution in [-0.2, 0) is 4.74 Å². The van der Waals surface area contributed by atoms with Crippen molar-refractivity contribution < 1.29 is 9.84 Å². The zero-order chi connectivity index (χ0) is 18.3. The maximum absolute atomic E-state index is 9.20. The normalized spacial score (nSPS) is 12.5. The number of anilines is 1. The number of hydrogen-bond acceptors (Lipinski definition) is 4. The van der Waals surface area contributed by atoms with Gasteiger partial charge in [0.15, 0.2) is 0 Å². The molecule has 0 bridgehead atoms. The summed E-state index contributed by atoms with van der Waals surface area (Å²) in [6.07, 6.45) is 5.23. The smallest absolute Gasteiger partial charge is 0.130 e. The van der Waals surface area contributed by atoms with Gasteiger partial charge in [0, 0.05) is 25.4 Å². The number of benzene rings is 1. The van der Waals surface area contributed by atoms with Gasteiger partial charge in [-0.1, -0.05) is 32.0 Å². The summed E-state index contributed by atoms with van der Waals surface area (Å²) in [6.45, 7) is 12.0. The highest BCUT2D eigenvalue weighted by Gasteiger charge is 2.17. The Bertz CT molecular complexity index is 410. The largest absolute Gasteiger partial charge is 0.396 e. The molecular weight excluding hydrogens is 312 g/mol. The second-order valence-electron chi connectivity index (χ2n) is 6.40. The van der Waals surface area contributed by atoms with E-state index in [4.69, 9.17) is 4.74 Å². The summed E-state index contributed by atoms with van der Waals surface area (Å²) in [5.41, 5.74) is 1.19. The molecule has 0 fully saturated rings. The Morgan fingerprint density at radius 1 is 0.920 bits per heavy atom. The van der Waals surface area contributed by atoms with Gasteiger partial charge in [-0.2, -0.15) is 0 Å². The van der Waals surface area contributed by atoms with Crippen molar-refractivity contribution >= 4 is 5.69 Å². The van der Waals surface area contributed by atoms with Gasteiger partial charge in [-0.15, -0.1) is 0 Å². The number of rotatable bonds is 15. The third kappa shape index (κ3) is 8.70. The van der Waals surface area contributed by atoms with E-state index in [0.717, 1.165) is 45.5 Å². The van der Waals surface area contributed by atoms with Crippen LogP contribution in [0.15, 0.2) is 30.3 Å². The molecule has 1 aromatic carbocycles. The van der Waals surface area contributed by atoms with E-state index >= 15 is 0 Å². The van der Waals surface area contributed by atoms with Crippen LogP contribution >= 0.6 is 0 Å². The minimum Gasteiger partial charge on any atom is -0.396 e. The Kier molecular flexibility index (Phi) is 12.4. The van der Waals surface area contributed by atoms with Gasteiger partial charge in [-0.05, 0) is 70.8 Å². The van der Waals surface area contributed by atoms with Crippen LogP contribution in [0.4, 0.5) is 5.69 Å². The Morgan fingerprint density at radius 3 is 2.24 bits per heavy atom. The number of ether oxygens (including phenoxy) is 1. The highest BCUT2D eigenvalue weighted by molar-refractivity contribution is 5.46. The number of hydrogen-bond donors (Lipinski definition) is 1. The van der Waals surface area contributed by atoms with Crippen LogP contribution in [0.1, 0.15) is 52.9 Å². The molecule has 1 atom stereocenters. The topological polar surface area (TPSA) is 35.9 Å². The van der Waals surface area contributed by atoms with Gasteiger partial charge in [0.1, 0.15) is 6.23 Å². The first-order valence-electron chi connectivity index (χ1n) is 10.0. The van der Waals surface area contributed by atoms with Gasteiger partial charge in [0.05, 0.1) is 0 Å². The lowest BCUT2D eigenvalue weighted by molar-refractivity contribution is 0.0382. The first kappa shape index (κ1) is 21.9. The fourth-order valence-corrected chi connectivity index (χ4v) is 3.14. The van der Waals surface area contributed by atoms with Crippen molar-refractivity contribution in [2.45, 2.75) is 59.1 Å². The summed E-state index contributed by atoms with van der Waals surface area (Å²) in [5.74, 6) is 0. The van der Waals surface area contributed by atoms with Crippen molar-refractivity contribution in [2.24, 2.45) is 0 Å². The summed E-state index contributed by atoms with van der Waals surface area (Å²) in [7, 11) is 0. The summed E-state index contributed by atoms with van der Waals surface area (Å²) in [5, 5.41) is 9.20. The van der Waals surface area contributed by atoms with Gasteiger partial charge in [-0.3, -0.25) is 0 Å². The number of nitrogens with zero attached hydrogens (tertiary/aromatic N) is 2. The van der Waals surface area contributed by atoms with Gasteiger partial charge in [-0.25, -0.2) is 0 Å². The lowest BCUT2D eigenvalue weighted by Crippen LogP contribution is -2.38. The minimum absolute atomic E-state index is 0.0438. The average molecular weight is 351 g/mol. The van der Waals surface area contributed by atoms with E-state index in [1.807, 2.05) is 6.07 Å². The van der Waals surface area contributed by atoms with Crippen LogP contribution in [0, 0.1) is 0 Å². The summed E-state index contributed by atoms with van der Waals surface area (Å²) in [4.78, 5) is 4.77. The third-order valence-electron chi connectivity index (χ3n) is 4.71. The Labute approximate surface area is 154 Å². The van der Waals surface area contributed by atoms with Crippen LogP contribution in [0.3, 0.4) is 0 Å². The third-order valence-corrected chi connectivity index (χ3v) is 4.71. The zero-order valence-corrected chi connectivity index (χ0v) is 16.5. The lowest BCUT2D eigenvalue weighted by atomic mass is 10.2. The molecule has 1 unspecified atom stereocenters. The maximum Gasteiger partial charge on any atom is 0.130 e. The quantitative estimate of drug-likeness (QED) is 0.381. The highest BCUT2D eigenvalue weighted by atomic mass is 16.5. The SMILES string of the molecule is CCN(CC)CCCCCOC(CCCO)N(CC)c1ccccc1. The van der Waals surface area contributed by atoms with E-state index in [2.05, 4.69) is 54.8 Å². The second-order valence-corrected chi connectivity index (χ2v) is 6.40. The summed E-state index contributed by atoms with van der Waals surface area (Å²) >= 11 is 0. The first-order chi connectivity index (χ1) is 12.3. The van der Waals surface area contributed by atoms with Crippen molar-refractivity contribution in [1.29, 1.82) is 0 Å². The van der Waals surface area contributed by atoms with Crippen molar-refractivity contribution in [3.8, 4) is 0 Å². The van der Waals surface area contributed by atoms with E-state index < -0.39 is 0 Å².